The first-order chi connectivity index (χ1) is 8.25. The molecule has 3 nitrogen and oxygen atoms in total. The van der Waals surface area contributed by atoms with E-state index >= 15 is 0 Å². The molecule has 0 aliphatic carbocycles. The molecule has 0 heterocycles. The molecule has 0 spiro atoms. The fourth-order valence-electron chi connectivity index (χ4n) is 1.77. The molecule has 1 N–H and O–H groups in total. The van der Waals surface area contributed by atoms with E-state index < -0.39 is 15.3 Å². The predicted octanol–water partition coefficient (Wildman–Crippen LogP) is 3.25. The second-order valence-electron chi connectivity index (χ2n) is 5.59. The van der Waals surface area contributed by atoms with Crippen LogP contribution in [0.3, 0.4) is 0 Å². The van der Waals surface area contributed by atoms with Crippen molar-refractivity contribution in [2.24, 2.45) is 0 Å². The number of methoxy groups -OCH3 is 1. The smallest absolute Gasteiger partial charge is 0.208 e. The van der Waals surface area contributed by atoms with Crippen molar-refractivity contribution in [3.8, 4) is 5.75 Å². The van der Waals surface area contributed by atoms with Crippen molar-refractivity contribution in [2.75, 3.05) is 7.11 Å². The minimum absolute atomic E-state index is 0.0140. The van der Waals surface area contributed by atoms with Gasteiger partial charge in [-0.15, -0.1) is 0 Å². The van der Waals surface area contributed by atoms with Crippen molar-refractivity contribution >= 4 is 9.04 Å². The number of aliphatic hydroxyl groups is 1. The summed E-state index contributed by atoms with van der Waals surface area (Å²) >= 11 is 0. The molecule has 1 unspecified atom stereocenters. The number of aliphatic hydroxyl groups excluding tert-OH is 1. The van der Waals surface area contributed by atoms with Crippen LogP contribution in [0.1, 0.15) is 38.2 Å². The SMILES string of the molecule is COc1cc(C(O)O[Si](C)C)ccc1C(C)(C)C. The number of ether oxygens (including phenoxy) is 1. The Kier molecular flexibility index (Phi) is 4.96. The first-order valence-electron chi connectivity index (χ1n) is 6.09. The Morgan fingerprint density at radius 3 is 2.28 bits per heavy atom. The molecule has 4 heteroatoms. The van der Waals surface area contributed by atoms with Gasteiger partial charge in [0.05, 0.1) is 7.11 Å². The van der Waals surface area contributed by atoms with Gasteiger partial charge in [-0.25, -0.2) is 0 Å². The van der Waals surface area contributed by atoms with Crippen molar-refractivity contribution in [1.29, 1.82) is 0 Å². The maximum absolute atomic E-state index is 9.95. The van der Waals surface area contributed by atoms with Gasteiger partial charge in [0.1, 0.15) is 5.75 Å². The lowest BCUT2D eigenvalue weighted by atomic mass is 9.86. The van der Waals surface area contributed by atoms with E-state index in [0.717, 1.165) is 16.9 Å². The van der Waals surface area contributed by atoms with Crippen LogP contribution in [0.15, 0.2) is 18.2 Å². The van der Waals surface area contributed by atoms with Crippen LogP contribution in [0.25, 0.3) is 0 Å². The van der Waals surface area contributed by atoms with Gasteiger partial charge in [-0.1, -0.05) is 32.9 Å². The molecule has 0 saturated heterocycles. The van der Waals surface area contributed by atoms with Crippen molar-refractivity contribution in [3.05, 3.63) is 29.3 Å². The third-order valence-corrected chi connectivity index (χ3v) is 3.36. The maximum Gasteiger partial charge on any atom is 0.208 e. The molecule has 0 aromatic heterocycles. The van der Waals surface area contributed by atoms with Crippen molar-refractivity contribution in [2.45, 2.75) is 45.6 Å². The average molecular weight is 267 g/mol. The summed E-state index contributed by atoms with van der Waals surface area (Å²) in [6.07, 6.45) is -0.864. The number of hydrogen-bond acceptors (Lipinski definition) is 3. The van der Waals surface area contributed by atoms with Gasteiger partial charge in [-0.2, -0.15) is 0 Å². The van der Waals surface area contributed by atoms with E-state index in [-0.39, 0.29) is 5.41 Å². The maximum atomic E-state index is 9.95. The minimum atomic E-state index is -0.929. The molecule has 1 aromatic rings. The summed E-state index contributed by atoms with van der Waals surface area (Å²) in [5.74, 6) is 0.795. The van der Waals surface area contributed by atoms with Crippen molar-refractivity contribution in [1.82, 2.24) is 0 Å². The summed E-state index contributed by atoms with van der Waals surface area (Å²) < 4.78 is 10.9. The van der Waals surface area contributed by atoms with Crippen LogP contribution in [-0.4, -0.2) is 21.3 Å². The molecule has 0 aliphatic rings. The molecule has 101 valence electrons. The molecule has 0 saturated carbocycles. The highest BCUT2D eigenvalue weighted by molar-refractivity contribution is 6.48. The molecule has 1 radical (unpaired) electrons. The second-order valence-corrected chi connectivity index (χ2v) is 7.64. The molecule has 0 fully saturated rings. The molecule has 0 amide bonds. The van der Waals surface area contributed by atoms with Crippen LogP contribution in [0, 0.1) is 0 Å². The highest BCUT2D eigenvalue weighted by Gasteiger charge is 2.20. The topological polar surface area (TPSA) is 38.7 Å². The Hall–Kier alpha value is -0.843. The highest BCUT2D eigenvalue weighted by atomic mass is 28.3. The fraction of sp³-hybridized carbons (Fsp3) is 0.571. The molecule has 18 heavy (non-hydrogen) atoms. The highest BCUT2D eigenvalue weighted by Crippen LogP contribution is 2.33. The summed E-state index contributed by atoms with van der Waals surface area (Å²) in [4.78, 5) is 0. The molecule has 0 aliphatic heterocycles. The zero-order valence-corrected chi connectivity index (χ0v) is 13.1. The average Bonchev–Trinajstić information content (AvgIpc) is 2.26. The zero-order chi connectivity index (χ0) is 13.9. The molecular formula is C14H23O3Si. The van der Waals surface area contributed by atoms with E-state index in [0.29, 0.717) is 0 Å². The molecule has 1 atom stereocenters. The number of rotatable bonds is 4. The van der Waals surface area contributed by atoms with E-state index in [2.05, 4.69) is 20.8 Å². The van der Waals surface area contributed by atoms with Gasteiger partial charge in [-0.05, 0) is 30.1 Å². The summed E-state index contributed by atoms with van der Waals surface area (Å²) in [5, 5.41) is 9.95. The van der Waals surface area contributed by atoms with Crippen LogP contribution in [0.5, 0.6) is 5.75 Å². The van der Waals surface area contributed by atoms with Crippen LogP contribution in [0.2, 0.25) is 13.1 Å². The lowest BCUT2D eigenvalue weighted by Gasteiger charge is -2.23. The van der Waals surface area contributed by atoms with Crippen LogP contribution in [-0.2, 0) is 9.84 Å². The van der Waals surface area contributed by atoms with Gasteiger partial charge >= 0.3 is 0 Å². The van der Waals surface area contributed by atoms with E-state index in [9.17, 15) is 5.11 Å². The summed E-state index contributed by atoms with van der Waals surface area (Å²) in [5.41, 5.74) is 1.88. The summed E-state index contributed by atoms with van der Waals surface area (Å²) in [6, 6.07) is 5.76. The third kappa shape index (κ3) is 3.83. The number of hydrogen-bond donors (Lipinski definition) is 1. The number of benzene rings is 1. The summed E-state index contributed by atoms with van der Waals surface area (Å²) in [6.45, 7) is 10.4. The Balaban J connectivity index is 3.06. The van der Waals surface area contributed by atoms with Crippen molar-refractivity contribution in [3.63, 3.8) is 0 Å². The second kappa shape index (κ2) is 5.86. The lowest BCUT2D eigenvalue weighted by molar-refractivity contribution is -0.0213. The standard InChI is InChI=1S/C14H23O3Si/c1-14(2,3)11-8-7-10(9-12(11)16-4)13(15)17-18(5)6/h7-9,13,15H,1-6H3. The van der Waals surface area contributed by atoms with E-state index in [4.69, 9.17) is 9.16 Å². The van der Waals surface area contributed by atoms with Gasteiger partial charge < -0.3 is 14.3 Å². The van der Waals surface area contributed by atoms with Gasteiger partial charge in [0.2, 0.25) is 9.04 Å². The van der Waals surface area contributed by atoms with Gasteiger partial charge in [0, 0.05) is 5.56 Å². The van der Waals surface area contributed by atoms with Crippen LogP contribution in [0.4, 0.5) is 0 Å². The zero-order valence-electron chi connectivity index (χ0n) is 12.1. The minimum Gasteiger partial charge on any atom is -0.496 e. The van der Waals surface area contributed by atoms with E-state index in [1.165, 1.54) is 0 Å². The van der Waals surface area contributed by atoms with Crippen molar-refractivity contribution < 1.29 is 14.3 Å². The monoisotopic (exact) mass is 267 g/mol. The van der Waals surface area contributed by atoms with Gasteiger partial charge in [0.15, 0.2) is 6.29 Å². The Morgan fingerprint density at radius 2 is 1.83 bits per heavy atom. The molecule has 0 bridgehead atoms. The fourth-order valence-corrected chi connectivity index (χ4v) is 2.35. The quantitative estimate of drug-likeness (QED) is 0.672. The largest absolute Gasteiger partial charge is 0.496 e. The van der Waals surface area contributed by atoms with E-state index in [1.54, 1.807) is 7.11 Å². The molecule has 1 aromatic carbocycles. The Morgan fingerprint density at radius 1 is 1.22 bits per heavy atom. The first kappa shape index (κ1) is 15.2. The molecular weight excluding hydrogens is 244 g/mol. The Labute approximate surface area is 111 Å². The van der Waals surface area contributed by atoms with Gasteiger partial charge in [0.25, 0.3) is 0 Å². The van der Waals surface area contributed by atoms with Crippen LogP contribution < -0.4 is 4.74 Å². The summed E-state index contributed by atoms with van der Waals surface area (Å²) in [7, 11) is 0.720. The predicted molar refractivity (Wildman–Crippen MR) is 75.2 cm³/mol. The lowest BCUT2D eigenvalue weighted by Crippen LogP contribution is -2.16. The first-order valence-corrected chi connectivity index (χ1v) is 8.50. The van der Waals surface area contributed by atoms with Crippen LogP contribution >= 0.6 is 0 Å². The van der Waals surface area contributed by atoms with E-state index in [1.807, 2.05) is 31.3 Å². The third-order valence-electron chi connectivity index (χ3n) is 2.67. The normalized spacial score (nSPS) is 13.8. The molecule has 1 rings (SSSR count). The Bertz CT molecular complexity index is 397. The van der Waals surface area contributed by atoms with Gasteiger partial charge in [-0.3, -0.25) is 0 Å².